The Hall–Kier alpha value is -2.05. The lowest BCUT2D eigenvalue weighted by atomic mass is 9.97. The average Bonchev–Trinajstić information content (AvgIpc) is 2.42. The third-order valence-electron chi connectivity index (χ3n) is 3.10. The Kier molecular flexibility index (Phi) is 3.96. The van der Waals surface area contributed by atoms with Crippen molar-refractivity contribution in [3.8, 4) is 0 Å². The molecule has 0 aromatic heterocycles. The number of thiocarbonyl (C=S) groups is 1. The van der Waals surface area contributed by atoms with Gasteiger partial charge in [0.25, 0.3) is 5.91 Å². The second kappa shape index (κ2) is 5.52. The Morgan fingerprint density at radius 2 is 1.85 bits per heavy atom. The van der Waals surface area contributed by atoms with E-state index in [4.69, 9.17) is 12.2 Å². The molecule has 0 radical (unpaired) electrons. The molecule has 1 aromatic rings. The minimum atomic E-state index is -0.699. The van der Waals surface area contributed by atoms with Gasteiger partial charge in [-0.25, -0.2) is 0 Å². The standard InChI is InChI=1S/C14H15N3O2S/c1-17(2)9-5-3-8(4-6-9)7-10-12(18)11(15)14(20)16-13(10)19/h3-7,11H,15H2,1-2H3,(H,16,19,20)/p+1/b10-7+/t11-/m1/s1. The highest BCUT2D eigenvalue weighted by molar-refractivity contribution is 7.80. The van der Waals surface area contributed by atoms with E-state index in [-0.39, 0.29) is 16.3 Å². The van der Waals surface area contributed by atoms with E-state index in [1.807, 2.05) is 43.3 Å². The van der Waals surface area contributed by atoms with Gasteiger partial charge in [0.15, 0.2) is 6.04 Å². The number of carbonyl (C=O) groups excluding carboxylic acids is 2. The molecular weight excluding hydrogens is 274 g/mol. The zero-order valence-corrected chi connectivity index (χ0v) is 12.2. The summed E-state index contributed by atoms with van der Waals surface area (Å²) in [5.74, 6) is -0.799. The summed E-state index contributed by atoms with van der Waals surface area (Å²) in [5, 5.41) is 2.49. The van der Waals surface area contributed by atoms with Crippen molar-refractivity contribution >= 4 is 40.7 Å². The van der Waals surface area contributed by atoms with Gasteiger partial charge in [-0.3, -0.25) is 9.59 Å². The van der Waals surface area contributed by atoms with Gasteiger partial charge in [0, 0.05) is 19.8 Å². The van der Waals surface area contributed by atoms with Crippen molar-refractivity contribution in [1.82, 2.24) is 5.32 Å². The summed E-state index contributed by atoms with van der Waals surface area (Å²) >= 11 is 4.90. The molecule has 20 heavy (non-hydrogen) atoms. The number of anilines is 1. The van der Waals surface area contributed by atoms with Gasteiger partial charge < -0.3 is 16.0 Å². The van der Waals surface area contributed by atoms with Crippen LogP contribution in [-0.2, 0) is 9.59 Å². The van der Waals surface area contributed by atoms with E-state index >= 15 is 0 Å². The highest BCUT2D eigenvalue weighted by atomic mass is 32.1. The minimum Gasteiger partial charge on any atom is -0.378 e. The molecule has 6 heteroatoms. The number of hydrogen-bond acceptors (Lipinski definition) is 4. The van der Waals surface area contributed by atoms with Gasteiger partial charge in [-0.15, -0.1) is 0 Å². The molecule has 0 unspecified atom stereocenters. The summed E-state index contributed by atoms with van der Waals surface area (Å²) in [6, 6.07) is 6.85. The van der Waals surface area contributed by atoms with Crippen LogP contribution < -0.4 is 16.0 Å². The number of piperidine rings is 1. The molecular formula is C14H16N3O2S+. The molecule has 1 saturated heterocycles. The molecule has 2 rings (SSSR count). The van der Waals surface area contributed by atoms with Gasteiger partial charge in [-0.2, -0.15) is 0 Å². The fraction of sp³-hybridized carbons (Fsp3) is 0.214. The molecule has 0 bridgehead atoms. The first-order chi connectivity index (χ1) is 9.40. The van der Waals surface area contributed by atoms with Crippen LogP contribution in [0.25, 0.3) is 6.08 Å². The summed E-state index contributed by atoms with van der Waals surface area (Å²) in [7, 11) is 3.89. The summed E-state index contributed by atoms with van der Waals surface area (Å²) in [6.45, 7) is 0. The maximum absolute atomic E-state index is 12.0. The lowest BCUT2D eigenvalue weighted by Gasteiger charge is -2.18. The Balaban J connectivity index is 2.31. The summed E-state index contributed by atoms with van der Waals surface area (Å²) in [6.07, 6.45) is 1.57. The number of benzene rings is 1. The fourth-order valence-electron chi connectivity index (χ4n) is 1.86. The van der Waals surface area contributed by atoms with Gasteiger partial charge in [-0.1, -0.05) is 24.4 Å². The van der Waals surface area contributed by atoms with Crippen molar-refractivity contribution in [1.29, 1.82) is 0 Å². The number of Topliss-reactive ketones (excluding diaryl/α,β-unsaturated/α-hetero) is 1. The molecule has 1 aliphatic rings. The summed E-state index contributed by atoms with van der Waals surface area (Å²) < 4.78 is 0. The van der Waals surface area contributed by atoms with Gasteiger partial charge >= 0.3 is 0 Å². The largest absolute Gasteiger partial charge is 0.378 e. The molecule has 1 fully saturated rings. The molecule has 0 aliphatic carbocycles. The number of quaternary nitrogens is 1. The van der Waals surface area contributed by atoms with Gasteiger partial charge in [0.1, 0.15) is 4.99 Å². The first-order valence-electron chi connectivity index (χ1n) is 6.11. The normalized spacial score (nSPS) is 21.1. The zero-order chi connectivity index (χ0) is 14.9. The Labute approximate surface area is 122 Å². The van der Waals surface area contributed by atoms with E-state index in [0.29, 0.717) is 0 Å². The SMILES string of the molecule is CN(C)c1ccc(/C=C2/C(=O)NC(=S)[C@H]([NH3+])C2=O)cc1. The molecule has 1 amide bonds. The smallest absolute Gasteiger partial charge is 0.260 e. The highest BCUT2D eigenvalue weighted by Crippen LogP contribution is 2.16. The summed E-state index contributed by atoms with van der Waals surface area (Å²) in [4.78, 5) is 26.0. The van der Waals surface area contributed by atoms with Crippen molar-refractivity contribution in [2.75, 3.05) is 19.0 Å². The molecule has 0 saturated carbocycles. The van der Waals surface area contributed by atoms with Crippen LogP contribution in [0.2, 0.25) is 0 Å². The van der Waals surface area contributed by atoms with Crippen molar-refractivity contribution in [2.45, 2.75) is 6.04 Å². The third-order valence-corrected chi connectivity index (χ3v) is 3.49. The number of nitrogens with zero attached hydrogens (tertiary/aromatic N) is 1. The van der Waals surface area contributed by atoms with Crippen molar-refractivity contribution in [2.24, 2.45) is 0 Å². The fourth-order valence-corrected chi connectivity index (χ4v) is 2.06. The third kappa shape index (κ3) is 2.76. The van der Waals surface area contributed by atoms with Crippen LogP contribution in [0, 0.1) is 0 Å². The van der Waals surface area contributed by atoms with E-state index in [1.54, 1.807) is 6.08 Å². The van der Waals surface area contributed by atoms with Crippen LogP contribution in [0.3, 0.4) is 0 Å². The van der Waals surface area contributed by atoms with Crippen LogP contribution in [0.4, 0.5) is 5.69 Å². The molecule has 4 N–H and O–H groups in total. The van der Waals surface area contributed by atoms with E-state index in [2.05, 4.69) is 11.1 Å². The number of amides is 1. The first kappa shape index (κ1) is 14.4. The predicted molar refractivity (Wildman–Crippen MR) is 81.2 cm³/mol. The zero-order valence-electron chi connectivity index (χ0n) is 11.3. The highest BCUT2D eigenvalue weighted by Gasteiger charge is 2.36. The second-order valence-corrected chi connectivity index (χ2v) is 5.22. The maximum atomic E-state index is 12.0. The quantitative estimate of drug-likeness (QED) is 0.448. The molecule has 5 nitrogen and oxygen atoms in total. The van der Waals surface area contributed by atoms with Crippen molar-refractivity contribution in [3.63, 3.8) is 0 Å². The first-order valence-corrected chi connectivity index (χ1v) is 6.52. The van der Waals surface area contributed by atoms with E-state index in [1.165, 1.54) is 0 Å². The number of hydrogen-bond donors (Lipinski definition) is 2. The number of nitrogens with one attached hydrogen (secondary N) is 1. The second-order valence-electron chi connectivity index (χ2n) is 4.78. The van der Waals surface area contributed by atoms with E-state index in [9.17, 15) is 9.59 Å². The predicted octanol–water partition coefficient (Wildman–Crippen LogP) is -0.227. The molecule has 1 aromatic carbocycles. The molecule has 1 aliphatic heterocycles. The van der Waals surface area contributed by atoms with Crippen LogP contribution in [-0.4, -0.2) is 36.8 Å². The van der Waals surface area contributed by atoms with Gasteiger partial charge in [0.05, 0.1) is 5.57 Å². The molecule has 0 spiro atoms. The van der Waals surface area contributed by atoms with Crippen LogP contribution in [0.15, 0.2) is 29.8 Å². The van der Waals surface area contributed by atoms with Crippen molar-refractivity contribution in [3.05, 3.63) is 35.4 Å². The Bertz CT molecular complexity index is 605. The molecule has 104 valence electrons. The van der Waals surface area contributed by atoms with Crippen LogP contribution >= 0.6 is 12.2 Å². The Morgan fingerprint density at radius 1 is 1.25 bits per heavy atom. The summed E-state index contributed by atoms with van der Waals surface area (Å²) in [5.41, 5.74) is 5.59. The lowest BCUT2D eigenvalue weighted by Crippen LogP contribution is -2.74. The monoisotopic (exact) mass is 290 g/mol. The topological polar surface area (TPSA) is 77.1 Å². The van der Waals surface area contributed by atoms with Gasteiger partial charge in [-0.05, 0) is 23.8 Å². The van der Waals surface area contributed by atoms with Crippen LogP contribution in [0.5, 0.6) is 0 Å². The number of ketones is 1. The van der Waals surface area contributed by atoms with Crippen molar-refractivity contribution < 1.29 is 15.3 Å². The number of rotatable bonds is 2. The molecule has 1 heterocycles. The number of carbonyl (C=O) groups is 2. The maximum Gasteiger partial charge on any atom is 0.260 e. The van der Waals surface area contributed by atoms with Gasteiger partial charge in [0.2, 0.25) is 5.78 Å². The molecule has 1 atom stereocenters. The Morgan fingerprint density at radius 3 is 2.40 bits per heavy atom. The van der Waals surface area contributed by atoms with E-state index in [0.717, 1.165) is 11.3 Å². The minimum absolute atomic E-state index is 0.0937. The average molecular weight is 290 g/mol. The van der Waals surface area contributed by atoms with E-state index < -0.39 is 11.9 Å². The lowest BCUT2D eigenvalue weighted by molar-refractivity contribution is -0.379. The van der Waals surface area contributed by atoms with Crippen LogP contribution in [0.1, 0.15) is 5.56 Å².